The molecule has 0 saturated carbocycles. The van der Waals surface area contributed by atoms with Gasteiger partial charge in [0.1, 0.15) is 6.61 Å². The number of carboxylic acids is 1. The Balaban J connectivity index is 2.53. The summed E-state index contributed by atoms with van der Waals surface area (Å²) in [6, 6.07) is 0. The van der Waals surface area contributed by atoms with E-state index in [4.69, 9.17) is 9.84 Å². The van der Waals surface area contributed by atoms with Gasteiger partial charge in [-0.05, 0) is 6.08 Å². The first-order valence-corrected chi connectivity index (χ1v) is 4.29. The molecule has 0 unspecified atom stereocenters. The van der Waals surface area contributed by atoms with E-state index in [0.717, 1.165) is 10.4 Å². The van der Waals surface area contributed by atoms with Crippen LogP contribution in [-0.4, -0.2) is 11.1 Å². The highest BCUT2D eigenvalue weighted by Gasteiger charge is 2.17. The second kappa shape index (κ2) is 2.64. The van der Waals surface area contributed by atoms with Crippen LogP contribution in [0, 0.1) is 0 Å². The van der Waals surface area contributed by atoms with Crippen LogP contribution in [-0.2, 0) is 11.3 Å². The summed E-state index contributed by atoms with van der Waals surface area (Å²) in [4.78, 5) is 11.6. The summed E-state index contributed by atoms with van der Waals surface area (Å²) in [6.07, 6.45) is 3.38. The molecule has 0 fully saturated rings. The number of carboxylic acid groups (broad SMARTS) is 1. The predicted molar refractivity (Wildman–Crippen MR) is 45.1 cm³/mol. The van der Waals surface area contributed by atoms with Crippen LogP contribution in [0.1, 0.15) is 20.8 Å². The average Bonchev–Trinajstić information content (AvgIpc) is 2.47. The number of rotatable bonds is 1. The molecule has 0 radical (unpaired) electrons. The smallest absolute Gasteiger partial charge is 0.336 e. The molecule has 1 aliphatic rings. The highest BCUT2D eigenvalue weighted by Crippen LogP contribution is 2.27. The van der Waals surface area contributed by atoms with Gasteiger partial charge in [-0.15, -0.1) is 11.3 Å². The number of ether oxygens (including phenoxy) is 1. The van der Waals surface area contributed by atoms with Crippen LogP contribution < -0.4 is 0 Å². The zero-order valence-electron chi connectivity index (χ0n) is 6.11. The largest absolute Gasteiger partial charge is 0.496 e. The van der Waals surface area contributed by atoms with E-state index in [1.54, 1.807) is 17.7 Å². The van der Waals surface area contributed by atoms with Gasteiger partial charge < -0.3 is 9.84 Å². The summed E-state index contributed by atoms with van der Waals surface area (Å²) in [5, 5.41) is 10.4. The summed E-state index contributed by atoms with van der Waals surface area (Å²) < 4.78 is 5.01. The Morgan fingerprint density at radius 1 is 1.67 bits per heavy atom. The number of hydrogen-bond donors (Lipinski definition) is 1. The first kappa shape index (κ1) is 7.36. The van der Waals surface area contributed by atoms with Gasteiger partial charge >= 0.3 is 5.97 Å². The molecule has 4 heteroatoms. The van der Waals surface area contributed by atoms with Crippen LogP contribution in [0.25, 0.3) is 6.08 Å². The lowest BCUT2D eigenvalue weighted by molar-refractivity contribution is 0.0693. The Morgan fingerprint density at radius 2 is 2.50 bits per heavy atom. The zero-order chi connectivity index (χ0) is 8.55. The summed E-state index contributed by atoms with van der Waals surface area (Å²) >= 11 is 1.43. The van der Waals surface area contributed by atoms with Gasteiger partial charge in [0.05, 0.1) is 11.8 Å². The molecule has 2 heterocycles. The van der Waals surface area contributed by atoms with Crippen molar-refractivity contribution in [3.63, 3.8) is 0 Å². The van der Waals surface area contributed by atoms with Crippen LogP contribution in [0.3, 0.4) is 0 Å². The number of aromatic carboxylic acids is 1. The number of thiophene rings is 1. The molecule has 62 valence electrons. The van der Waals surface area contributed by atoms with Crippen LogP contribution in [0.15, 0.2) is 11.6 Å². The molecule has 0 aliphatic carbocycles. The third-order valence-electron chi connectivity index (χ3n) is 1.70. The van der Waals surface area contributed by atoms with Crippen molar-refractivity contribution in [2.75, 3.05) is 0 Å². The van der Waals surface area contributed by atoms with Gasteiger partial charge in [0.2, 0.25) is 0 Å². The molecule has 0 saturated heterocycles. The van der Waals surface area contributed by atoms with Crippen LogP contribution in [0.4, 0.5) is 0 Å². The second-order valence-corrected chi connectivity index (χ2v) is 3.32. The number of carbonyl (C=O) groups is 1. The van der Waals surface area contributed by atoms with E-state index in [1.807, 2.05) is 0 Å². The SMILES string of the molecule is O=C(O)c1csc2c1COC=C2. The molecule has 0 atom stereocenters. The van der Waals surface area contributed by atoms with Gasteiger partial charge in [0.25, 0.3) is 0 Å². The summed E-state index contributed by atoms with van der Waals surface area (Å²) in [6.45, 7) is 0.372. The fraction of sp³-hybridized carbons (Fsp3) is 0.125. The van der Waals surface area contributed by atoms with Crippen molar-refractivity contribution in [3.8, 4) is 0 Å². The second-order valence-electron chi connectivity index (χ2n) is 2.41. The molecule has 1 aromatic heterocycles. The maximum Gasteiger partial charge on any atom is 0.336 e. The third-order valence-corrected chi connectivity index (χ3v) is 2.69. The van der Waals surface area contributed by atoms with E-state index in [2.05, 4.69) is 0 Å². The molecule has 12 heavy (non-hydrogen) atoms. The average molecular weight is 182 g/mol. The van der Waals surface area contributed by atoms with E-state index in [-0.39, 0.29) is 0 Å². The Labute approximate surface area is 72.9 Å². The van der Waals surface area contributed by atoms with E-state index in [0.29, 0.717) is 12.2 Å². The number of fused-ring (bicyclic) bond motifs is 1. The molecule has 0 bridgehead atoms. The Kier molecular flexibility index (Phi) is 1.62. The maximum absolute atomic E-state index is 10.7. The van der Waals surface area contributed by atoms with E-state index in [9.17, 15) is 4.79 Å². The molecule has 1 aromatic rings. The van der Waals surface area contributed by atoms with Crippen LogP contribution >= 0.6 is 11.3 Å². The Bertz CT molecular complexity index is 351. The molecule has 0 amide bonds. The molecule has 1 aliphatic heterocycles. The van der Waals surface area contributed by atoms with Gasteiger partial charge in [-0.25, -0.2) is 4.79 Å². The lowest BCUT2D eigenvalue weighted by Gasteiger charge is -2.06. The first-order chi connectivity index (χ1) is 5.79. The summed E-state index contributed by atoms with van der Waals surface area (Å²) in [7, 11) is 0. The molecular formula is C8H6O3S. The van der Waals surface area contributed by atoms with E-state index < -0.39 is 5.97 Å². The number of hydrogen-bond acceptors (Lipinski definition) is 3. The Hall–Kier alpha value is -1.29. The normalized spacial score (nSPS) is 13.7. The summed E-state index contributed by atoms with van der Waals surface area (Å²) in [5.41, 5.74) is 1.15. The van der Waals surface area contributed by atoms with Crippen LogP contribution in [0.5, 0.6) is 0 Å². The molecule has 3 nitrogen and oxygen atoms in total. The quantitative estimate of drug-likeness (QED) is 0.722. The predicted octanol–water partition coefficient (Wildman–Crippen LogP) is 1.95. The van der Waals surface area contributed by atoms with Crippen molar-refractivity contribution in [2.45, 2.75) is 6.61 Å². The van der Waals surface area contributed by atoms with Gasteiger partial charge in [0.15, 0.2) is 0 Å². The summed E-state index contributed by atoms with van der Waals surface area (Å²) in [5.74, 6) is -0.883. The standard InChI is InChI=1S/C8H6O3S/c9-8(10)6-4-12-7-1-2-11-3-5(6)7/h1-2,4H,3H2,(H,9,10). The van der Waals surface area contributed by atoms with Crippen molar-refractivity contribution >= 4 is 23.4 Å². The highest BCUT2D eigenvalue weighted by molar-refractivity contribution is 7.11. The molecule has 0 aromatic carbocycles. The van der Waals surface area contributed by atoms with Gasteiger partial charge in [-0.2, -0.15) is 0 Å². The lowest BCUT2D eigenvalue weighted by Crippen LogP contribution is -2.02. The minimum Gasteiger partial charge on any atom is -0.496 e. The van der Waals surface area contributed by atoms with Crippen molar-refractivity contribution in [2.24, 2.45) is 0 Å². The fourth-order valence-corrected chi connectivity index (χ4v) is 2.04. The maximum atomic E-state index is 10.7. The Morgan fingerprint density at radius 3 is 3.25 bits per heavy atom. The van der Waals surface area contributed by atoms with Crippen molar-refractivity contribution in [1.82, 2.24) is 0 Å². The molecule has 1 N–H and O–H groups in total. The third kappa shape index (κ3) is 1.00. The van der Waals surface area contributed by atoms with E-state index in [1.165, 1.54) is 11.3 Å². The topological polar surface area (TPSA) is 46.5 Å². The zero-order valence-corrected chi connectivity index (χ0v) is 6.93. The molecule has 0 spiro atoms. The van der Waals surface area contributed by atoms with Gasteiger partial charge in [0, 0.05) is 15.8 Å². The minimum absolute atomic E-state index is 0.361. The van der Waals surface area contributed by atoms with Crippen molar-refractivity contribution in [3.05, 3.63) is 27.6 Å². The first-order valence-electron chi connectivity index (χ1n) is 3.41. The monoisotopic (exact) mass is 182 g/mol. The lowest BCUT2D eigenvalue weighted by atomic mass is 10.1. The van der Waals surface area contributed by atoms with Gasteiger partial charge in [-0.3, -0.25) is 0 Å². The van der Waals surface area contributed by atoms with E-state index >= 15 is 0 Å². The fourth-order valence-electron chi connectivity index (χ4n) is 1.11. The van der Waals surface area contributed by atoms with Crippen molar-refractivity contribution < 1.29 is 14.6 Å². The molecular weight excluding hydrogens is 176 g/mol. The highest BCUT2D eigenvalue weighted by atomic mass is 32.1. The van der Waals surface area contributed by atoms with Crippen LogP contribution in [0.2, 0.25) is 0 Å². The molecule has 2 rings (SSSR count). The van der Waals surface area contributed by atoms with Crippen molar-refractivity contribution in [1.29, 1.82) is 0 Å². The minimum atomic E-state index is -0.883. The van der Waals surface area contributed by atoms with Gasteiger partial charge in [-0.1, -0.05) is 0 Å².